The third-order valence-corrected chi connectivity index (χ3v) is 2.32. The molecule has 0 aromatic rings. The van der Waals surface area contributed by atoms with Gasteiger partial charge in [0.25, 0.3) is 0 Å². The van der Waals surface area contributed by atoms with E-state index in [2.05, 4.69) is 51.9 Å². The zero-order chi connectivity index (χ0) is 10.3. The van der Waals surface area contributed by atoms with E-state index in [1.54, 1.807) is 0 Å². The Morgan fingerprint density at radius 1 is 1.23 bits per heavy atom. The van der Waals surface area contributed by atoms with Gasteiger partial charge in [-0.1, -0.05) is 39.3 Å². The Morgan fingerprint density at radius 2 is 1.85 bits per heavy atom. The number of nitrogens with zero attached hydrogens (tertiary/aromatic N) is 1. The number of hydrogen-bond donors (Lipinski definition) is 0. The Morgan fingerprint density at radius 3 is 2.31 bits per heavy atom. The maximum absolute atomic E-state index is 2.34. The second-order valence-electron chi connectivity index (χ2n) is 4.42. The van der Waals surface area contributed by atoms with Gasteiger partial charge < -0.3 is 4.90 Å². The van der Waals surface area contributed by atoms with Crippen molar-refractivity contribution in [2.45, 2.75) is 33.6 Å². The lowest BCUT2D eigenvalue weighted by molar-refractivity contribution is 0.340. The molecule has 0 spiro atoms. The number of rotatable bonds is 6. The van der Waals surface area contributed by atoms with Crippen molar-refractivity contribution in [2.24, 2.45) is 11.8 Å². The van der Waals surface area contributed by atoms with Gasteiger partial charge in [-0.15, -0.1) is 0 Å². The predicted molar refractivity (Wildman–Crippen MR) is 60.9 cm³/mol. The summed E-state index contributed by atoms with van der Waals surface area (Å²) in [6, 6.07) is 0. The monoisotopic (exact) mass is 183 g/mol. The highest BCUT2D eigenvalue weighted by atomic mass is 15.0. The van der Waals surface area contributed by atoms with Crippen LogP contribution < -0.4 is 0 Å². The Kier molecular flexibility index (Phi) is 6.97. The molecule has 0 aliphatic carbocycles. The first-order chi connectivity index (χ1) is 6.06. The van der Waals surface area contributed by atoms with Crippen LogP contribution in [-0.4, -0.2) is 25.5 Å². The molecule has 0 bridgehead atoms. The molecule has 78 valence electrons. The van der Waals surface area contributed by atoms with E-state index in [0.29, 0.717) is 0 Å². The predicted octanol–water partition coefficient (Wildman–Crippen LogP) is 3.18. The second kappa shape index (κ2) is 7.14. The highest BCUT2D eigenvalue weighted by Gasteiger charge is 2.00. The average molecular weight is 183 g/mol. The van der Waals surface area contributed by atoms with E-state index < -0.39 is 0 Å². The Hall–Kier alpha value is -0.300. The fourth-order valence-electron chi connectivity index (χ4n) is 1.38. The molecule has 1 nitrogen and oxygen atoms in total. The van der Waals surface area contributed by atoms with Crippen LogP contribution in [0.15, 0.2) is 12.2 Å². The molecule has 2 unspecified atom stereocenters. The van der Waals surface area contributed by atoms with E-state index >= 15 is 0 Å². The van der Waals surface area contributed by atoms with Crippen LogP contribution in [0.4, 0.5) is 0 Å². The fourth-order valence-corrected chi connectivity index (χ4v) is 1.38. The second-order valence-corrected chi connectivity index (χ2v) is 4.42. The summed E-state index contributed by atoms with van der Waals surface area (Å²) in [6.45, 7) is 8.00. The Bertz CT molecular complexity index is 138. The van der Waals surface area contributed by atoms with Crippen LogP contribution in [0, 0.1) is 11.8 Å². The van der Waals surface area contributed by atoms with Crippen molar-refractivity contribution in [3.05, 3.63) is 12.2 Å². The highest BCUT2D eigenvalue weighted by molar-refractivity contribution is 4.87. The molecule has 2 atom stereocenters. The maximum atomic E-state index is 2.34. The molecule has 0 radical (unpaired) electrons. The van der Waals surface area contributed by atoms with Crippen molar-refractivity contribution in [3.63, 3.8) is 0 Å². The summed E-state index contributed by atoms with van der Waals surface area (Å²) in [5.41, 5.74) is 0. The first-order valence-electron chi connectivity index (χ1n) is 5.37. The first kappa shape index (κ1) is 12.7. The van der Waals surface area contributed by atoms with Crippen LogP contribution in [0.5, 0.6) is 0 Å². The molecule has 0 saturated carbocycles. The van der Waals surface area contributed by atoms with Gasteiger partial charge in [0.2, 0.25) is 0 Å². The molecule has 1 heteroatoms. The van der Waals surface area contributed by atoms with E-state index in [4.69, 9.17) is 0 Å². The van der Waals surface area contributed by atoms with Gasteiger partial charge in [-0.2, -0.15) is 0 Å². The summed E-state index contributed by atoms with van der Waals surface area (Å²) in [5, 5.41) is 0. The zero-order valence-corrected chi connectivity index (χ0v) is 9.88. The van der Waals surface area contributed by atoms with Crippen molar-refractivity contribution >= 4 is 0 Å². The molecule has 0 amide bonds. The van der Waals surface area contributed by atoms with Gasteiger partial charge in [0.1, 0.15) is 0 Å². The molecule has 0 aromatic heterocycles. The topological polar surface area (TPSA) is 3.24 Å². The van der Waals surface area contributed by atoms with Crippen LogP contribution >= 0.6 is 0 Å². The van der Waals surface area contributed by atoms with Crippen LogP contribution in [0.2, 0.25) is 0 Å². The molecule has 0 fully saturated rings. The number of allylic oxidation sites excluding steroid dienone is 2. The summed E-state index contributed by atoms with van der Waals surface area (Å²) < 4.78 is 0. The third kappa shape index (κ3) is 8.04. The third-order valence-electron chi connectivity index (χ3n) is 2.32. The quantitative estimate of drug-likeness (QED) is 0.572. The Labute approximate surface area is 83.8 Å². The van der Waals surface area contributed by atoms with Gasteiger partial charge >= 0.3 is 0 Å². The molecular formula is C12H25N. The molecule has 0 rings (SSSR count). The lowest BCUT2D eigenvalue weighted by atomic mass is 10.0. The molecular weight excluding hydrogens is 158 g/mol. The smallest absolute Gasteiger partial charge is 0.000388 e. The molecule has 0 aliphatic rings. The summed E-state index contributed by atoms with van der Waals surface area (Å²) >= 11 is 0. The summed E-state index contributed by atoms with van der Waals surface area (Å²) in [5.74, 6) is 1.52. The summed E-state index contributed by atoms with van der Waals surface area (Å²) in [4.78, 5) is 2.25. The molecule has 0 aromatic carbocycles. The molecule has 0 aliphatic heterocycles. The van der Waals surface area contributed by atoms with Crippen LogP contribution in [0.1, 0.15) is 33.6 Å². The molecule has 0 N–H and O–H groups in total. The SMILES string of the molecule is CCC(C)/C=C/CC(C)CN(C)C. The zero-order valence-electron chi connectivity index (χ0n) is 9.88. The van der Waals surface area contributed by atoms with Crippen molar-refractivity contribution < 1.29 is 0 Å². The minimum Gasteiger partial charge on any atom is -0.309 e. The van der Waals surface area contributed by atoms with Gasteiger partial charge in [-0.05, 0) is 32.4 Å². The minimum absolute atomic E-state index is 0.742. The lowest BCUT2D eigenvalue weighted by Gasteiger charge is -2.14. The van der Waals surface area contributed by atoms with Crippen LogP contribution in [0.3, 0.4) is 0 Å². The van der Waals surface area contributed by atoms with Gasteiger partial charge in [0.15, 0.2) is 0 Å². The van der Waals surface area contributed by atoms with Gasteiger partial charge in [0.05, 0.1) is 0 Å². The van der Waals surface area contributed by atoms with E-state index in [1.165, 1.54) is 19.4 Å². The van der Waals surface area contributed by atoms with Crippen molar-refractivity contribution in [3.8, 4) is 0 Å². The van der Waals surface area contributed by atoms with Gasteiger partial charge in [-0.3, -0.25) is 0 Å². The van der Waals surface area contributed by atoms with Gasteiger partial charge in [0, 0.05) is 6.54 Å². The van der Waals surface area contributed by atoms with Crippen LogP contribution in [-0.2, 0) is 0 Å². The van der Waals surface area contributed by atoms with E-state index in [0.717, 1.165) is 11.8 Å². The van der Waals surface area contributed by atoms with Crippen molar-refractivity contribution in [1.29, 1.82) is 0 Å². The molecule has 13 heavy (non-hydrogen) atoms. The largest absolute Gasteiger partial charge is 0.309 e. The maximum Gasteiger partial charge on any atom is 0.000388 e. The van der Waals surface area contributed by atoms with E-state index in [1.807, 2.05) is 0 Å². The van der Waals surface area contributed by atoms with Crippen molar-refractivity contribution in [2.75, 3.05) is 20.6 Å². The standard InChI is InChI=1S/C12H25N/c1-6-11(2)8-7-9-12(3)10-13(4)5/h7-8,11-12H,6,9-10H2,1-5H3/b8-7+. The summed E-state index contributed by atoms with van der Waals surface area (Å²) in [7, 11) is 4.27. The van der Waals surface area contributed by atoms with Gasteiger partial charge in [-0.25, -0.2) is 0 Å². The van der Waals surface area contributed by atoms with Crippen LogP contribution in [0.25, 0.3) is 0 Å². The molecule has 0 heterocycles. The fraction of sp³-hybridized carbons (Fsp3) is 0.833. The first-order valence-corrected chi connectivity index (χ1v) is 5.37. The average Bonchev–Trinajstić information content (AvgIpc) is 2.02. The Balaban J connectivity index is 3.56. The highest BCUT2D eigenvalue weighted by Crippen LogP contribution is 2.07. The van der Waals surface area contributed by atoms with E-state index in [-0.39, 0.29) is 0 Å². The van der Waals surface area contributed by atoms with E-state index in [9.17, 15) is 0 Å². The number of hydrogen-bond acceptors (Lipinski definition) is 1. The minimum atomic E-state index is 0.742. The molecule has 0 saturated heterocycles. The summed E-state index contributed by atoms with van der Waals surface area (Å²) in [6.07, 6.45) is 7.13. The normalized spacial score (nSPS) is 16.8. The van der Waals surface area contributed by atoms with Crippen molar-refractivity contribution in [1.82, 2.24) is 4.90 Å². The lowest BCUT2D eigenvalue weighted by Crippen LogP contribution is -2.19.